The van der Waals surface area contributed by atoms with Crippen molar-refractivity contribution in [3.63, 3.8) is 0 Å². The molecule has 2 N–H and O–H groups in total. The topological polar surface area (TPSA) is 54.9 Å². The van der Waals surface area contributed by atoms with Crippen molar-refractivity contribution in [3.8, 4) is 11.5 Å². The van der Waals surface area contributed by atoms with Crippen LogP contribution in [0.1, 0.15) is 25.0 Å². The Kier molecular flexibility index (Phi) is 8.42. The third-order valence-corrected chi connectivity index (χ3v) is 3.72. The molecule has 0 aliphatic heterocycles. The third-order valence-electron chi connectivity index (χ3n) is 3.49. The first-order chi connectivity index (χ1) is 12.7. The van der Waals surface area contributed by atoms with E-state index in [1.54, 1.807) is 6.21 Å². The van der Waals surface area contributed by atoms with Gasteiger partial charge in [-0.3, -0.25) is 5.43 Å². The minimum atomic E-state index is 0.494. The summed E-state index contributed by atoms with van der Waals surface area (Å²) in [4.78, 5) is 0. The second kappa shape index (κ2) is 11.1. The van der Waals surface area contributed by atoms with Crippen LogP contribution in [-0.4, -0.2) is 31.1 Å². The number of rotatable bonds is 9. The molecule has 0 amide bonds. The van der Waals surface area contributed by atoms with Gasteiger partial charge in [-0.05, 0) is 61.8 Å². The molecular formula is C20H25N3O2S. The average molecular weight is 372 g/mol. The maximum absolute atomic E-state index is 5.61. The van der Waals surface area contributed by atoms with Gasteiger partial charge in [0.05, 0.1) is 19.4 Å². The van der Waals surface area contributed by atoms with Crippen LogP contribution in [0, 0.1) is 0 Å². The zero-order valence-corrected chi connectivity index (χ0v) is 16.0. The van der Waals surface area contributed by atoms with Crippen molar-refractivity contribution in [1.29, 1.82) is 0 Å². The number of hydrazone groups is 1. The van der Waals surface area contributed by atoms with E-state index in [0.717, 1.165) is 24.3 Å². The molecule has 2 aromatic carbocycles. The van der Waals surface area contributed by atoms with Gasteiger partial charge in [-0.2, -0.15) is 5.10 Å². The fourth-order valence-electron chi connectivity index (χ4n) is 2.32. The average Bonchev–Trinajstić information content (AvgIpc) is 2.65. The minimum absolute atomic E-state index is 0.494. The van der Waals surface area contributed by atoms with Crippen molar-refractivity contribution in [2.45, 2.75) is 20.3 Å². The number of ether oxygens (including phenoxy) is 2. The molecule has 0 aliphatic rings. The van der Waals surface area contributed by atoms with Crippen molar-refractivity contribution in [2.75, 3.05) is 19.8 Å². The number of nitrogens with zero attached hydrogens (tertiary/aromatic N) is 1. The lowest BCUT2D eigenvalue weighted by molar-refractivity contribution is 0.288. The molecule has 0 saturated carbocycles. The molecule has 2 aromatic rings. The van der Waals surface area contributed by atoms with Crippen LogP contribution >= 0.6 is 12.2 Å². The van der Waals surface area contributed by atoms with E-state index in [-0.39, 0.29) is 0 Å². The SMILES string of the molecule is CCOc1ccc(/C=N/NC(=S)NCCc2ccccc2)cc1OCC. The van der Waals surface area contributed by atoms with Crippen LogP contribution in [0.15, 0.2) is 53.6 Å². The molecule has 26 heavy (non-hydrogen) atoms. The van der Waals surface area contributed by atoms with Gasteiger partial charge in [-0.1, -0.05) is 30.3 Å². The van der Waals surface area contributed by atoms with Gasteiger partial charge in [0.25, 0.3) is 0 Å². The lowest BCUT2D eigenvalue weighted by atomic mass is 10.1. The van der Waals surface area contributed by atoms with Crippen LogP contribution in [0.3, 0.4) is 0 Å². The van der Waals surface area contributed by atoms with Crippen molar-refractivity contribution >= 4 is 23.5 Å². The van der Waals surface area contributed by atoms with E-state index in [1.807, 2.05) is 50.2 Å². The van der Waals surface area contributed by atoms with E-state index in [4.69, 9.17) is 21.7 Å². The Balaban J connectivity index is 1.81. The van der Waals surface area contributed by atoms with Crippen LogP contribution in [0.5, 0.6) is 11.5 Å². The van der Waals surface area contributed by atoms with Gasteiger partial charge in [-0.15, -0.1) is 0 Å². The molecule has 138 valence electrons. The fourth-order valence-corrected chi connectivity index (χ4v) is 2.47. The van der Waals surface area contributed by atoms with E-state index in [1.165, 1.54) is 5.56 Å². The number of nitrogens with one attached hydrogen (secondary N) is 2. The molecule has 0 radical (unpaired) electrons. The number of hydrogen-bond acceptors (Lipinski definition) is 4. The summed E-state index contributed by atoms with van der Waals surface area (Å²) in [7, 11) is 0. The molecule has 0 aromatic heterocycles. The molecule has 0 bridgehead atoms. The Morgan fingerprint density at radius 3 is 2.50 bits per heavy atom. The lowest BCUT2D eigenvalue weighted by Crippen LogP contribution is -2.33. The van der Waals surface area contributed by atoms with Gasteiger partial charge in [0.2, 0.25) is 0 Å². The molecular weight excluding hydrogens is 346 g/mol. The van der Waals surface area contributed by atoms with E-state index in [9.17, 15) is 0 Å². The maximum atomic E-state index is 5.61. The van der Waals surface area contributed by atoms with Gasteiger partial charge >= 0.3 is 0 Å². The van der Waals surface area contributed by atoms with E-state index < -0.39 is 0 Å². The zero-order chi connectivity index (χ0) is 18.6. The summed E-state index contributed by atoms with van der Waals surface area (Å²) in [5.41, 5.74) is 4.99. The quantitative estimate of drug-likeness (QED) is 0.401. The largest absolute Gasteiger partial charge is 0.490 e. The molecule has 0 atom stereocenters. The van der Waals surface area contributed by atoms with Crippen molar-refractivity contribution in [3.05, 3.63) is 59.7 Å². The van der Waals surface area contributed by atoms with Gasteiger partial charge in [-0.25, -0.2) is 0 Å². The van der Waals surface area contributed by atoms with Crippen LogP contribution in [0.2, 0.25) is 0 Å². The monoisotopic (exact) mass is 371 g/mol. The van der Waals surface area contributed by atoms with Gasteiger partial charge in [0, 0.05) is 6.54 Å². The van der Waals surface area contributed by atoms with Crippen molar-refractivity contribution < 1.29 is 9.47 Å². The molecule has 6 heteroatoms. The lowest BCUT2D eigenvalue weighted by Gasteiger charge is -2.11. The molecule has 5 nitrogen and oxygen atoms in total. The minimum Gasteiger partial charge on any atom is -0.490 e. The molecule has 0 heterocycles. The Morgan fingerprint density at radius 1 is 1.04 bits per heavy atom. The first kappa shape index (κ1) is 19.7. The molecule has 0 unspecified atom stereocenters. The summed E-state index contributed by atoms with van der Waals surface area (Å²) < 4.78 is 11.2. The van der Waals surface area contributed by atoms with Crippen LogP contribution in [-0.2, 0) is 6.42 Å². The van der Waals surface area contributed by atoms with Crippen LogP contribution < -0.4 is 20.2 Å². The van der Waals surface area contributed by atoms with Gasteiger partial charge in [0.1, 0.15) is 0 Å². The fraction of sp³-hybridized carbons (Fsp3) is 0.300. The summed E-state index contributed by atoms with van der Waals surface area (Å²) >= 11 is 5.23. The number of thiocarbonyl (C=S) groups is 1. The Hall–Kier alpha value is -2.60. The smallest absolute Gasteiger partial charge is 0.186 e. The highest BCUT2D eigenvalue weighted by molar-refractivity contribution is 7.80. The zero-order valence-electron chi connectivity index (χ0n) is 15.2. The van der Waals surface area contributed by atoms with Crippen molar-refractivity contribution in [1.82, 2.24) is 10.7 Å². The van der Waals surface area contributed by atoms with Gasteiger partial charge in [0.15, 0.2) is 16.6 Å². The summed E-state index contributed by atoms with van der Waals surface area (Å²) in [5, 5.41) is 7.80. The predicted octanol–water partition coefficient (Wildman–Crippen LogP) is 3.52. The summed E-state index contributed by atoms with van der Waals surface area (Å²) in [6, 6.07) is 16.0. The van der Waals surface area contributed by atoms with E-state index in [0.29, 0.717) is 24.1 Å². The summed E-state index contributed by atoms with van der Waals surface area (Å²) in [6.07, 6.45) is 2.60. The second-order valence-corrected chi connectivity index (χ2v) is 5.84. The Labute approximate surface area is 160 Å². The highest BCUT2D eigenvalue weighted by Gasteiger charge is 2.05. The standard InChI is InChI=1S/C20H25N3O2S/c1-3-24-18-11-10-17(14-19(18)25-4-2)15-22-23-20(26)21-13-12-16-8-6-5-7-9-16/h5-11,14-15H,3-4,12-13H2,1-2H3,(H2,21,23,26)/b22-15+. The molecule has 0 spiro atoms. The predicted molar refractivity (Wildman–Crippen MR) is 110 cm³/mol. The first-order valence-corrected chi connectivity index (χ1v) is 9.14. The Morgan fingerprint density at radius 2 is 1.77 bits per heavy atom. The highest BCUT2D eigenvalue weighted by Crippen LogP contribution is 2.27. The van der Waals surface area contributed by atoms with E-state index in [2.05, 4.69) is 28.0 Å². The third kappa shape index (κ3) is 6.72. The molecule has 0 fully saturated rings. The molecule has 0 aliphatic carbocycles. The highest BCUT2D eigenvalue weighted by atomic mass is 32.1. The second-order valence-electron chi connectivity index (χ2n) is 5.43. The first-order valence-electron chi connectivity index (χ1n) is 8.73. The van der Waals surface area contributed by atoms with Crippen molar-refractivity contribution in [2.24, 2.45) is 5.10 Å². The number of hydrogen-bond donors (Lipinski definition) is 2. The summed E-state index contributed by atoms with van der Waals surface area (Å²) in [5.74, 6) is 1.44. The normalized spacial score (nSPS) is 10.5. The Bertz CT molecular complexity index is 720. The van der Waals surface area contributed by atoms with Crippen LogP contribution in [0.25, 0.3) is 0 Å². The van der Waals surface area contributed by atoms with E-state index >= 15 is 0 Å². The van der Waals surface area contributed by atoms with Crippen LogP contribution in [0.4, 0.5) is 0 Å². The number of benzene rings is 2. The molecule has 0 saturated heterocycles. The maximum Gasteiger partial charge on any atom is 0.186 e. The summed E-state index contributed by atoms with van der Waals surface area (Å²) in [6.45, 7) is 5.81. The molecule has 2 rings (SSSR count). The van der Waals surface area contributed by atoms with Gasteiger partial charge < -0.3 is 14.8 Å².